The molecule has 0 aromatic heterocycles. The summed E-state index contributed by atoms with van der Waals surface area (Å²) in [5.41, 5.74) is 2.48. The number of hydrogen-bond donors (Lipinski definition) is 1. The highest BCUT2D eigenvalue weighted by atomic mass is 32.2. The van der Waals surface area contributed by atoms with Crippen LogP contribution < -0.4 is 19.1 Å². The van der Waals surface area contributed by atoms with Crippen LogP contribution in [0.2, 0.25) is 0 Å². The molecule has 156 valence electrons. The largest absolute Gasteiger partial charge is 0.486 e. The molecule has 29 heavy (non-hydrogen) atoms. The van der Waals surface area contributed by atoms with E-state index in [1.165, 1.54) is 0 Å². The van der Waals surface area contributed by atoms with Gasteiger partial charge in [0, 0.05) is 6.07 Å². The molecule has 0 aliphatic carbocycles. The highest BCUT2D eigenvalue weighted by Crippen LogP contribution is 2.34. The summed E-state index contributed by atoms with van der Waals surface area (Å²) in [6.45, 7) is 4.49. The van der Waals surface area contributed by atoms with Gasteiger partial charge in [-0.25, -0.2) is 8.42 Å². The van der Waals surface area contributed by atoms with Gasteiger partial charge in [0.2, 0.25) is 15.9 Å². The number of aryl methyl sites for hydroxylation is 1. The summed E-state index contributed by atoms with van der Waals surface area (Å²) in [6.07, 6.45) is 1.77. The molecular weight excluding hydrogens is 392 g/mol. The van der Waals surface area contributed by atoms with Gasteiger partial charge in [0.15, 0.2) is 11.5 Å². The van der Waals surface area contributed by atoms with E-state index in [2.05, 4.69) is 5.32 Å². The number of anilines is 1. The van der Waals surface area contributed by atoms with E-state index in [4.69, 9.17) is 9.47 Å². The standard InChI is InChI=1S/C21H26N2O5S/c1-4-18(16-7-5-15(2)6-8-16)22-21(24)14-23(29(3,25)26)17-9-10-19-20(13-17)28-12-11-27-19/h5-10,13,18H,4,11-12,14H2,1-3H3,(H,22,24)/t18-/m0/s1. The first kappa shape index (κ1) is 21.0. The SMILES string of the molecule is CC[C@H](NC(=O)CN(c1ccc2c(c1)OCCO2)S(C)(=O)=O)c1ccc(C)cc1. The molecule has 1 aliphatic rings. The van der Waals surface area contributed by atoms with E-state index in [1.807, 2.05) is 38.1 Å². The van der Waals surface area contributed by atoms with Crippen molar-refractivity contribution in [2.24, 2.45) is 0 Å². The maximum Gasteiger partial charge on any atom is 0.241 e. The topological polar surface area (TPSA) is 84.9 Å². The Morgan fingerprint density at radius 2 is 1.76 bits per heavy atom. The predicted octanol–water partition coefficient (Wildman–Crippen LogP) is 2.80. The number of nitrogens with one attached hydrogen (secondary N) is 1. The summed E-state index contributed by atoms with van der Waals surface area (Å²) in [7, 11) is -3.68. The molecule has 0 radical (unpaired) electrons. The third-order valence-corrected chi connectivity index (χ3v) is 5.87. The van der Waals surface area contributed by atoms with Crippen molar-refractivity contribution >= 4 is 21.6 Å². The molecule has 1 amide bonds. The third-order valence-electron chi connectivity index (χ3n) is 4.72. The molecule has 0 spiro atoms. The first-order valence-electron chi connectivity index (χ1n) is 9.51. The first-order valence-corrected chi connectivity index (χ1v) is 11.4. The van der Waals surface area contributed by atoms with Crippen LogP contribution in [0.1, 0.15) is 30.5 Å². The molecule has 2 aromatic rings. The summed E-state index contributed by atoms with van der Waals surface area (Å²) in [4.78, 5) is 12.7. The van der Waals surface area contributed by atoms with Crippen molar-refractivity contribution < 1.29 is 22.7 Å². The fourth-order valence-electron chi connectivity index (χ4n) is 3.18. The van der Waals surface area contributed by atoms with E-state index in [1.54, 1.807) is 18.2 Å². The van der Waals surface area contributed by atoms with E-state index >= 15 is 0 Å². The zero-order valence-corrected chi connectivity index (χ0v) is 17.7. The van der Waals surface area contributed by atoms with Gasteiger partial charge in [-0.15, -0.1) is 0 Å². The van der Waals surface area contributed by atoms with E-state index in [9.17, 15) is 13.2 Å². The second-order valence-electron chi connectivity index (χ2n) is 7.04. The second kappa shape index (κ2) is 8.73. The Bertz CT molecular complexity index is 973. The smallest absolute Gasteiger partial charge is 0.241 e. The van der Waals surface area contributed by atoms with Crippen LogP contribution in [0.25, 0.3) is 0 Å². The quantitative estimate of drug-likeness (QED) is 0.747. The Balaban J connectivity index is 1.78. The Morgan fingerprint density at radius 3 is 2.38 bits per heavy atom. The van der Waals surface area contributed by atoms with Crippen LogP contribution in [0.5, 0.6) is 11.5 Å². The highest BCUT2D eigenvalue weighted by Gasteiger charge is 2.24. The molecule has 0 unspecified atom stereocenters. The van der Waals surface area contributed by atoms with Gasteiger partial charge in [0.25, 0.3) is 0 Å². The number of nitrogens with zero attached hydrogens (tertiary/aromatic N) is 1. The zero-order chi connectivity index (χ0) is 21.0. The Labute approximate surface area is 171 Å². The molecule has 1 aliphatic heterocycles. The molecule has 1 atom stereocenters. The maximum atomic E-state index is 12.7. The van der Waals surface area contributed by atoms with Crippen LogP contribution in [0, 0.1) is 6.92 Å². The van der Waals surface area contributed by atoms with Gasteiger partial charge in [-0.1, -0.05) is 36.8 Å². The summed E-state index contributed by atoms with van der Waals surface area (Å²) >= 11 is 0. The number of amides is 1. The molecular formula is C21H26N2O5S. The van der Waals surface area contributed by atoms with Crippen LogP contribution in [0.15, 0.2) is 42.5 Å². The molecule has 1 heterocycles. The lowest BCUT2D eigenvalue weighted by Gasteiger charge is -2.26. The Morgan fingerprint density at radius 1 is 1.10 bits per heavy atom. The van der Waals surface area contributed by atoms with E-state index in [0.29, 0.717) is 36.8 Å². The third kappa shape index (κ3) is 5.20. The molecule has 0 fully saturated rings. The molecule has 7 nitrogen and oxygen atoms in total. The summed E-state index contributed by atoms with van der Waals surface area (Å²) in [6, 6.07) is 12.6. The first-order chi connectivity index (χ1) is 13.8. The monoisotopic (exact) mass is 418 g/mol. The zero-order valence-electron chi connectivity index (χ0n) is 16.8. The molecule has 0 saturated carbocycles. The van der Waals surface area contributed by atoms with E-state index in [-0.39, 0.29) is 18.5 Å². The van der Waals surface area contributed by atoms with Crippen molar-refractivity contribution in [3.8, 4) is 11.5 Å². The summed E-state index contributed by atoms with van der Waals surface area (Å²) in [5.74, 6) is 0.648. The van der Waals surface area contributed by atoms with Crippen LogP contribution in [-0.4, -0.2) is 40.3 Å². The number of ether oxygens (including phenoxy) is 2. The number of benzene rings is 2. The van der Waals surface area contributed by atoms with Crippen molar-refractivity contribution in [3.05, 3.63) is 53.6 Å². The van der Waals surface area contributed by atoms with Gasteiger partial charge in [0.05, 0.1) is 18.0 Å². The summed E-state index contributed by atoms with van der Waals surface area (Å²) in [5, 5.41) is 2.94. The number of carbonyl (C=O) groups excluding carboxylic acids is 1. The average Bonchev–Trinajstić information content (AvgIpc) is 2.70. The molecule has 0 saturated heterocycles. The van der Waals surface area contributed by atoms with Gasteiger partial charge in [0.1, 0.15) is 19.8 Å². The lowest BCUT2D eigenvalue weighted by molar-refractivity contribution is -0.120. The minimum Gasteiger partial charge on any atom is -0.486 e. The van der Waals surface area contributed by atoms with E-state index in [0.717, 1.165) is 21.7 Å². The lowest BCUT2D eigenvalue weighted by Crippen LogP contribution is -2.41. The number of rotatable bonds is 7. The molecule has 2 aromatic carbocycles. The van der Waals surface area contributed by atoms with Gasteiger partial charge in [-0.3, -0.25) is 9.10 Å². The minimum absolute atomic E-state index is 0.190. The maximum absolute atomic E-state index is 12.7. The fraction of sp³-hybridized carbons (Fsp3) is 0.381. The van der Waals surface area contributed by atoms with Crippen molar-refractivity contribution in [1.82, 2.24) is 5.32 Å². The number of sulfonamides is 1. The fourth-order valence-corrected chi connectivity index (χ4v) is 4.03. The van der Waals surface area contributed by atoms with Crippen LogP contribution in [-0.2, 0) is 14.8 Å². The van der Waals surface area contributed by atoms with Crippen LogP contribution >= 0.6 is 0 Å². The van der Waals surface area contributed by atoms with Gasteiger partial charge in [-0.05, 0) is 31.0 Å². The van der Waals surface area contributed by atoms with Crippen molar-refractivity contribution in [2.45, 2.75) is 26.3 Å². The number of fused-ring (bicyclic) bond motifs is 1. The molecule has 3 rings (SSSR count). The van der Waals surface area contributed by atoms with Gasteiger partial charge in [-0.2, -0.15) is 0 Å². The van der Waals surface area contributed by atoms with Crippen LogP contribution in [0.3, 0.4) is 0 Å². The van der Waals surface area contributed by atoms with Crippen LogP contribution in [0.4, 0.5) is 5.69 Å². The van der Waals surface area contributed by atoms with Crippen molar-refractivity contribution in [2.75, 3.05) is 30.3 Å². The van der Waals surface area contributed by atoms with Gasteiger partial charge < -0.3 is 14.8 Å². The number of hydrogen-bond acceptors (Lipinski definition) is 5. The minimum atomic E-state index is -3.68. The molecule has 1 N–H and O–H groups in total. The normalized spacial score (nSPS) is 14.2. The summed E-state index contributed by atoms with van der Waals surface area (Å²) < 4.78 is 36.8. The Kier molecular flexibility index (Phi) is 6.32. The van der Waals surface area contributed by atoms with Crippen molar-refractivity contribution in [1.29, 1.82) is 0 Å². The molecule has 0 bridgehead atoms. The molecule has 8 heteroatoms. The highest BCUT2D eigenvalue weighted by molar-refractivity contribution is 7.92. The Hall–Kier alpha value is -2.74. The lowest BCUT2D eigenvalue weighted by atomic mass is 10.0. The van der Waals surface area contributed by atoms with E-state index < -0.39 is 10.0 Å². The van der Waals surface area contributed by atoms with Crippen molar-refractivity contribution in [3.63, 3.8) is 0 Å². The average molecular weight is 419 g/mol. The number of carbonyl (C=O) groups is 1. The van der Waals surface area contributed by atoms with Gasteiger partial charge >= 0.3 is 0 Å². The second-order valence-corrected chi connectivity index (χ2v) is 8.94. The predicted molar refractivity (Wildman–Crippen MR) is 112 cm³/mol.